The minimum absolute atomic E-state index is 0.0964. The first-order chi connectivity index (χ1) is 13.6. The van der Waals surface area contributed by atoms with Gasteiger partial charge in [-0.05, 0) is 29.8 Å². The zero-order chi connectivity index (χ0) is 19.8. The summed E-state index contributed by atoms with van der Waals surface area (Å²) < 4.78 is 0.490. The first-order valence-electron chi connectivity index (χ1n) is 8.84. The lowest BCUT2D eigenvalue weighted by atomic mass is 10.0. The van der Waals surface area contributed by atoms with Crippen molar-refractivity contribution in [2.24, 2.45) is 0 Å². The molecule has 8 heteroatoms. The smallest absolute Gasteiger partial charge is 0.228 e. The van der Waals surface area contributed by atoms with Gasteiger partial charge in [-0.2, -0.15) is 0 Å². The van der Waals surface area contributed by atoms with E-state index in [0.717, 1.165) is 11.1 Å². The van der Waals surface area contributed by atoms with E-state index >= 15 is 0 Å². The standard InChI is InChI=1S/C20H20N4O2S2/c25-17(12-11-14-7-3-1-4-8-14)21-16(15-9-5-2-6-10-15)13-18(26)22-19-23-24-20(27)28-19/h1-10,16H,11-13H2,(H,21,25)(H,24,27)(H,22,23,26). The summed E-state index contributed by atoms with van der Waals surface area (Å²) in [5.41, 5.74) is 1.98. The van der Waals surface area contributed by atoms with Crippen LogP contribution in [0.5, 0.6) is 0 Å². The van der Waals surface area contributed by atoms with Crippen LogP contribution in [0.3, 0.4) is 0 Å². The summed E-state index contributed by atoms with van der Waals surface area (Å²) in [7, 11) is 0. The predicted molar refractivity (Wildman–Crippen MR) is 113 cm³/mol. The molecule has 1 unspecified atom stereocenters. The van der Waals surface area contributed by atoms with Crippen molar-refractivity contribution in [1.82, 2.24) is 15.5 Å². The molecule has 1 heterocycles. The van der Waals surface area contributed by atoms with Gasteiger partial charge in [-0.15, -0.1) is 5.10 Å². The maximum atomic E-state index is 12.5. The molecule has 0 saturated heterocycles. The van der Waals surface area contributed by atoms with Crippen molar-refractivity contribution in [2.45, 2.75) is 25.3 Å². The first-order valence-corrected chi connectivity index (χ1v) is 10.1. The number of hydrogen-bond donors (Lipinski definition) is 3. The van der Waals surface area contributed by atoms with Crippen LogP contribution in [0.1, 0.15) is 30.0 Å². The number of anilines is 1. The number of amides is 2. The van der Waals surface area contributed by atoms with Gasteiger partial charge in [-0.25, -0.2) is 0 Å². The van der Waals surface area contributed by atoms with Crippen molar-refractivity contribution in [2.75, 3.05) is 5.32 Å². The van der Waals surface area contributed by atoms with Gasteiger partial charge in [-0.3, -0.25) is 14.7 Å². The second-order valence-corrected chi connectivity index (χ2v) is 7.85. The zero-order valence-corrected chi connectivity index (χ0v) is 16.7. The largest absolute Gasteiger partial charge is 0.349 e. The SMILES string of the molecule is O=C(CC(NC(=O)CCc1ccccc1)c1ccccc1)Nc1n[nH]c(=S)s1. The lowest BCUT2D eigenvalue weighted by molar-refractivity contribution is -0.122. The molecule has 0 aliphatic heterocycles. The van der Waals surface area contributed by atoms with Crippen LogP contribution in [0.25, 0.3) is 0 Å². The highest BCUT2D eigenvalue weighted by molar-refractivity contribution is 7.73. The summed E-state index contributed by atoms with van der Waals surface area (Å²) in [5.74, 6) is -0.337. The van der Waals surface area contributed by atoms with E-state index in [0.29, 0.717) is 21.9 Å². The number of carbonyl (C=O) groups is 2. The fraction of sp³-hybridized carbons (Fsp3) is 0.200. The van der Waals surface area contributed by atoms with Gasteiger partial charge in [0.05, 0.1) is 12.5 Å². The lowest BCUT2D eigenvalue weighted by Crippen LogP contribution is -2.31. The molecular weight excluding hydrogens is 392 g/mol. The molecule has 0 saturated carbocycles. The Morgan fingerprint density at radius 1 is 1.04 bits per heavy atom. The molecule has 2 amide bonds. The van der Waals surface area contributed by atoms with E-state index < -0.39 is 6.04 Å². The lowest BCUT2D eigenvalue weighted by Gasteiger charge is -2.19. The van der Waals surface area contributed by atoms with Crippen LogP contribution in [-0.2, 0) is 16.0 Å². The van der Waals surface area contributed by atoms with Crippen molar-refractivity contribution in [3.05, 3.63) is 75.7 Å². The molecule has 28 heavy (non-hydrogen) atoms. The third-order valence-corrected chi connectivity index (χ3v) is 5.10. The Kier molecular flexibility index (Phi) is 7.05. The summed E-state index contributed by atoms with van der Waals surface area (Å²) >= 11 is 6.16. The van der Waals surface area contributed by atoms with Gasteiger partial charge in [0.25, 0.3) is 0 Å². The van der Waals surface area contributed by atoms with E-state index in [1.54, 1.807) is 0 Å². The Balaban J connectivity index is 1.62. The normalized spacial score (nSPS) is 11.6. The maximum Gasteiger partial charge on any atom is 0.228 e. The predicted octanol–water partition coefficient (Wildman–Crippen LogP) is 4.02. The zero-order valence-electron chi connectivity index (χ0n) is 15.1. The van der Waals surface area contributed by atoms with Crippen LogP contribution in [0, 0.1) is 3.95 Å². The van der Waals surface area contributed by atoms with E-state index in [9.17, 15) is 9.59 Å². The Hall–Kier alpha value is -2.84. The van der Waals surface area contributed by atoms with Crippen molar-refractivity contribution >= 4 is 40.5 Å². The molecular formula is C20H20N4O2S2. The number of hydrogen-bond acceptors (Lipinski definition) is 5. The molecule has 2 aromatic carbocycles. The molecule has 6 nitrogen and oxygen atoms in total. The molecule has 1 aromatic heterocycles. The Morgan fingerprint density at radius 2 is 1.71 bits per heavy atom. The molecule has 0 aliphatic rings. The fourth-order valence-corrected chi connectivity index (χ4v) is 3.55. The number of nitrogens with one attached hydrogen (secondary N) is 3. The van der Waals surface area contributed by atoms with Gasteiger partial charge in [0, 0.05) is 6.42 Å². The highest BCUT2D eigenvalue weighted by Gasteiger charge is 2.19. The monoisotopic (exact) mass is 412 g/mol. The van der Waals surface area contributed by atoms with E-state index in [2.05, 4.69) is 20.8 Å². The van der Waals surface area contributed by atoms with E-state index in [4.69, 9.17) is 12.2 Å². The van der Waals surface area contributed by atoms with Gasteiger partial charge in [0.15, 0.2) is 3.95 Å². The van der Waals surface area contributed by atoms with Crippen molar-refractivity contribution < 1.29 is 9.59 Å². The van der Waals surface area contributed by atoms with Crippen molar-refractivity contribution in [3.8, 4) is 0 Å². The molecule has 144 valence electrons. The van der Waals surface area contributed by atoms with Gasteiger partial charge < -0.3 is 10.6 Å². The number of rotatable bonds is 8. The summed E-state index contributed by atoms with van der Waals surface area (Å²) in [6, 6.07) is 18.9. The van der Waals surface area contributed by atoms with Crippen LogP contribution in [0.4, 0.5) is 5.13 Å². The molecule has 0 fully saturated rings. The topological polar surface area (TPSA) is 86.9 Å². The molecule has 3 rings (SSSR count). The molecule has 0 aliphatic carbocycles. The average molecular weight is 413 g/mol. The van der Waals surface area contributed by atoms with E-state index in [-0.39, 0.29) is 18.2 Å². The van der Waals surface area contributed by atoms with Crippen LogP contribution in [0.2, 0.25) is 0 Å². The number of carbonyl (C=O) groups excluding carboxylic acids is 2. The van der Waals surface area contributed by atoms with Gasteiger partial charge in [0.2, 0.25) is 16.9 Å². The third-order valence-electron chi connectivity index (χ3n) is 4.09. The molecule has 0 bridgehead atoms. The minimum atomic E-state index is -0.420. The van der Waals surface area contributed by atoms with Crippen LogP contribution in [0.15, 0.2) is 60.7 Å². The number of aromatic nitrogens is 2. The van der Waals surface area contributed by atoms with E-state index in [1.807, 2.05) is 60.7 Å². The Bertz CT molecular complexity index is 970. The van der Waals surface area contributed by atoms with E-state index in [1.165, 1.54) is 11.3 Å². The second kappa shape index (κ2) is 9.91. The van der Waals surface area contributed by atoms with Gasteiger partial charge in [-0.1, -0.05) is 72.0 Å². The van der Waals surface area contributed by atoms with Crippen LogP contribution >= 0.6 is 23.6 Å². The summed E-state index contributed by atoms with van der Waals surface area (Å²) in [5, 5.41) is 12.7. The second-order valence-electron chi connectivity index (χ2n) is 6.19. The number of H-pyrrole nitrogens is 1. The molecule has 3 N–H and O–H groups in total. The Labute approximate surface area is 172 Å². The fourth-order valence-electron chi connectivity index (χ4n) is 2.75. The van der Waals surface area contributed by atoms with Crippen LogP contribution in [-0.4, -0.2) is 22.0 Å². The molecule has 3 aromatic rings. The average Bonchev–Trinajstić information content (AvgIpc) is 3.12. The maximum absolute atomic E-state index is 12.5. The van der Waals surface area contributed by atoms with Crippen molar-refractivity contribution in [3.63, 3.8) is 0 Å². The molecule has 1 atom stereocenters. The summed E-state index contributed by atoms with van der Waals surface area (Å²) in [6.07, 6.45) is 1.11. The van der Waals surface area contributed by atoms with Gasteiger partial charge in [0.1, 0.15) is 0 Å². The number of benzene rings is 2. The number of aryl methyl sites for hydroxylation is 1. The quantitative estimate of drug-likeness (QED) is 0.488. The Morgan fingerprint density at radius 3 is 2.36 bits per heavy atom. The minimum Gasteiger partial charge on any atom is -0.349 e. The molecule has 0 spiro atoms. The number of aromatic amines is 1. The third kappa shape index (κ3) is 6.11. The highest BCUT2D eigenvalue weighted by Crippen LogP contribution is 2.19. The summed E-state index contributed by atoms with van der Waals surface area (Å²) in [4.78, 5) is 24.9. The summed E-state index contributed by atoms with van der Waals surface area (Å²) in [6.45, 7) is 0. The highest BCUT2D eigenvalue weighted by atomic mass is 32.1. The first kappa shape index (κ1) is 19.9. The van der Waals surface area contributed by atoms with Crippen molar-refractivity contribution in [1.29, 1.82) is 0 Å². The number of nitrogens with zero attached hydrogens (tertiary/aromatic N) is 1. The van der Waals surface area contributed by atoms with Gasteiger partial charge >= 0.3 is 0 Å². The molecule has 0 radical (unpaired) electrons. The van der Waals surface area contributed by atoms with Crippen LogP contribution < -0.4 is 10.6 Å².